The van der Waals surface area contributed by atoms with Gasteiger partial charge in [-0.2, -0.15) is 0 Å². The van der Waals surface area contributed by atoms with Crippen molar-refractivity contribution in [2.45, 2.75) is 43.7 Å². The molecule has 2 aromatic carbocycles. The first-order valence-electron chi connectivity index (χ1n) is 9.38. The van der Waals surface area contributed by atoms with E-state index < -0.39 is 17.9 Å². The number of carbonyl (C=O) groups excluding carboxylic acids is 2. The summed E-state index contributed by atoms with van der Waals surface area (Å²) in [5.41, 5.74) is 1.81. The molecule has 1 aliphatic heterocycles. The smallest absolute Gasteiger partial charge is 0.254 e. The number of ether oxygens (including phenoxy) is 1. The number of methoxy groups -OCH3 is 1. The minimum Gasteiger partial charge on any atom is -0.549 e. The van der Waals surface area contributed by atoms with Crippen molar-refractivity contribution < 1.29 is 19.4 Å². The maximum atomic E-state index is 13.4. The van der Waals surface area contributed by atoms with Crippen LogP contribution in [0.15, 0.2) is 48.5 Å². The van der Waals surface area contributed by atoms with E-state index in [9.17, 15) is 14.7 Å². The standard InChI is InChI=1S/C22H23NO4/c1-27-16-12-10-14(11-13-16)20-19(22(25)26)17-8-4-5-9-18(17)21(24)23(20)15-6-2-3-7-15/h4-5,8-13,15,19-20H,2-3,6-7H2,1H3,(H,25,26)/p-1/t19-,20-/m1/s1. The molecule has 0 radical (unpaired) electrons. The van der Waals surface area contributed by atoms with E-state index in [-0.39, 0.29) is 11.9 Å². The largest absolute Gasteiger partial charge is 0.549 e. The number of carboxylic acid groups (broad SMARTS) is 1. The molecule has 0 N–H and O–H groups in total. The number of carbonyl (C=O) groups is 2. The average molecular weight is 364 g/mol. The lowest BCUT2D eigenvalue weighted by Crippen LogP contribution is -2.51. The summed E-state index contributed by atoms with van der Waals surface area (Å²) in [6.07, 6.45) is 3.92. The molecule has 0 aromatic heterocycles. The Bertz CT molecular complexity index is 855. The molecule has 5 heteroatoms. The zero-order valence-corrected chi connectivity index (χ0v) is 15.3. The summed E-state index contributed by atoms with van der Waals surface area (Å²) in [4.78, 5) is 27.4. The quantitative estimate of drug-likeness (QED) is 0.836. The number of carboxylic acids is 1. The Morgan fingerprint density at radius 2 is 1.74 bits per heavy atom. The predicted octanol–water partition coefficient (Wildman–Crippen LogP) is 2.67. The maximum Gasteiger partial charge on any atom is 0.254 e. The molecule has 5 nitrogen and oxygen atoms in total. The van der Waals surface area contributed by atoms with Crippen LogP contribution in [0.5, 0.6) is 5.75 Å². The first-order chi connectivity index (χ1) is 13.1. The third kappa shape index (κ3) is 2.97. The molecule has 1 fully saturated rings. The predicted molar refractivity (Wildman–Crippen MR) is 98.4 cm³/mol. The third-order valence-corrected chi connectivity index (χ3v) is 5.81. The molecule has 1 saturated carbocycles. The molecule has 2 atom stereocenters. The first-order valence-corrected chi connectivity index (χ1v) is 9.38. The van der Waals surface area contributed by atoms with Gasteiger partial charge in [-0.3, -0.25) is 4.79 Å². The Labute approximate surface area is 158 Å². The monoisotopic (exact) mass is 364 g/mol. The van der Waals surface area contributed by atoms with Crippen LogP contribution in [-0.4, -0.2) is 29.9 Å². The van der Waals surface area contributed by atoms with Crippen molar-refractivity contribution in [3.63, 3.8) is 0 Å². The van der Waals surface area contributed by atoms with Crippen molar-refractivity contribution in [3.8, 4) is 5.75 Å². The minimum absolute atomic E-state index is 0.0554. The average Bonchev–Trinajstić information content (AvgIpc) is 3.22. The van der Waals surface area contributed by atoms with E-state index in [4.69, 9.17) is 4.74 Å². The van der Waals surface area contributed by atoms with Gasteiger partial charge in [0.05, 0.1) is 19.1 Å². The zero-order chi connectivity index (χ0) is 19.0. The van der Waals surface area contributed by atoms with Gasteiger partial charge in [-0.25, -0.2) is 0 Å². The molecule has 1 amide bonds. The van der Waals surface area contributed by atoms with Crippen LogP contribution in [0.1, 0.15) is 59.1 Å². The summed E-state index contributed by atoms with van der Waals surface area (Å²) in [5, 5.41) is 12.2. The van der Waals surface area contributed by atoms with Gasteiger partial charge in [-0.1, -0.05) is 43.2 Å². The molecule has 0 bridgehead atoms. The lowest BCUT2D eigenvalue weighted by Gasteiger charge is -2.46. The molecular weight excluding hydrogens is 342 g/mol. The Morgan fingerprint density at radius 1 is 1.07 bits per heavy atom. The van der Waals surface area contributed by atoms with Gasteiger partial charge in [-0.05, 0) is 42.2 Å². The first kappa shape index (κ1) is 17.6. The van der Waals surface area contributed by atoms with Gasteiger partial charge in [0.1, 0.15) is 5.75 Å². The van der Waals surface area contributed by atoms with E-state index in [0.29, 0.717) is 16.9 Å². The Morgan fingerprint density at radius 3 is 2.37 bits per heavy atom. The second kappa shape index (κ2) is 7.06. The van der Waals surface area contributed by atoms with E-state index in [0.717, 1.165) is 31.2 Å². The highest BCUT2D eigenvalue weighted by molar-refractivity contribution is 6.00. The number of amides is 1. The second-order valence-corrected chi connectivity index (χ2v) is 7.25. The summed E-state index contributed by atoms with van der Waals surface area (Å²) in [6.45, 7) is 0. The fourth-order valence-corrected chi connectivity index (χ4v) is 4.54. The highest BCUT2D eigenvalue weighted by atomic mass is 16.5. The lowest BCUT2D eigenvalue weighted by molar-refractivity contribution is -0.309. The highest BCUT2D eigenvalue weighted by Crippen LogP contribution is 2.45. The SMILES string of the molecule is COc1ccc([C@@H]2[C@H](C(=O)[O-])c3ccccc3C(=O)N2C2CCCC2)cc1. The summed E-state index contributed by atoms with van der Waals surface area (Å²) in [6, 6.07) is 13.8. The van der Waals surface area contributed by atoms with Gasteiger partial charge in [-0.15, -0.1) is 0 Å². The molecule has 4 rings (SSSR count). The van der Waals surface area contributed by atoms with Crippen molar-refractivity contribution in [1.29, 1.82) is 0 Å². The van der Waals surface area contributed by atoms with E-state index in [1.54, 1.807) is 48.4 Å². The van der Waals surface area contributed by atoms with Crippen LogP contribution in [0.2, 0.25) is 0 Å². The van der Waals surface area contributed by atoms with Crippen LogP contribution in [0.3, 0.4) is 0 Å². The summed E-state index contributed by atoms with van der Waals surface area (Å²) >= 11 is 0. The topological polar surface area (TPSA) is 69.7 Å². The molecule has 0 spiro atoms. The van der Waals surface area contributed by atoms with Crippen molar-refractivity contribution in [1.82, 2.24) is 4.90 Å². The van der Waals surface area contributed by atoms with Crippen LogP contribution in [0.4, 0.5) is 0 Å². The minimum atomic E-state index is -1.15. The lowest BCUT2D eigenvalue weighted by atomic mass is 9.79. The zero-order valence-electron chi connectivity index (χ0n) is 15.3. The number of fused-ring (bicyclic) bond motifs is 1. The Hall–Kier alpha value is -2.82. The molecule has 2 aliphatic rings. The summed E-state index contributed by atoms with van der Waals surface area (Å²) in [7, 11) is 1.59. The van der Waals surface area contributed by atoms with Crippen LogP contribution < -0.4 is 9.84 Å². The van der Waals surface area contributed by atoms with Crippen LogP contribution in [-0.2, 0) is 4.79 Å². The molecule has 140 valence electrons. The normalized spacial score (nSPS) is 22.6. The molecule has 0 unspecified atom stereocenters. The van der Waals surface area contributed by atoms with E-state index >= 15 is 0 Å². The number of aliphatic carboxylic acids is 1. The molecule has 27 heavy (non-hydrogen) atoms. The van der Waals surface area contributed by atoms with Gasteiger partial charge < -0.3 is 19.5 Å². The van der Waals surface area contributed by atoms with Crippen molar-refractivity contribution in [2.24, 2.45) is 0 Å². The van der Waals surface area contributed by atoms with Gasteiger partial charge in [0.15, 0.2) is 0 Å². The Kier molecular flexibility index (Phi) is 4.60. The van der Waals surface area contributed by atoms with E-state index in [1.807, 2.05) is 12.1 Å². The highest BCUT2D eigenvalue weighted by Gasteiger charge is 2.44. The number of hydrogen-bond acceptors (Lipinski definition) is 4. The number of benzene rings is 2. The summed E-state index contributed by atoms with van der Waals surface area (Å²) in [5.74, 6) is -1.44. The van der Waals surface area contributed by atoms with Gasteiger partial charge >= 0.3 is 0 Å². The molecule has 0 saturated heterocycles. The van der Waals surface area contributed by atoms with Gasteiger partial charge in [0.2, 0.25) is 0 Å². The van der Waals surface area contributed by atoms with Gasteiger partial charge in [0, 0.05) is 17.5 Å². The molecule has 1 aliphatic carbocycles. The van der Waals surface area contributed by atoms with Crippen molar-refractivity contribution in [2.75, 3.05) is 7.11 Å². The fourth-order valence-electron chi connectivity index (χ4n) is 4.54. The van der Waals surface area contributed by atoms with Crippen LogP contribution in [0, 0.1) is 0 Å². The molecule has 1 heterocycles. The van der Waals surface area contributed by atoms with Crippen molar-refractivity contribution in [3.05, 3.63) is 65.2 Å². The maximum absolute atomic E-state index is 13.4. The van der Waals surface area contributed by atoms with Crippen LogP contribution >= 0.6 is 0 Å². The second-order valence-electron chi connectivity index (χ2n) is 7.25. The third-order valence-electron chi connectivity index (χ3n) is 5.81. The van der Waals surface area contributed by atoms with E-state index in [2.05, 4.69) is 0 Å². The van der Waals surface area contributed by atoms with Gasteiger partial charge in [0.25, 0.3) is 5.91 Å². The molecule has 2 aromatic rings. The Balaban J connectivity index is 1.88. The number of hydrogen-bond donors (Lipinski definition) is 0. The number of rotatable bonds is 4. The van der Waals surface area contributed by atoms with Crippen LogP contribution in [0.25, 0.3) is 0 Å². The summed E-state index contributed by atoms with van der Waals surface area (Å²) < 4.78 is 5.23. The van der Waals surface area contributed by atoms with E-state index in [1.165, 1.54) is 0 Å². The number of nitrogens with zero attached hydrogens (tertiary/aromatic N) is 1. The fraction of sp³-hybridized carbons (Fsp3) is 0.364. The van der Waals surface area contributed by atoms with Crippen molar-refractivity contribution >= 4 is 11.9 Å². The molecular formula is C22H22NO4-.